The number of hydrogen-bond acceptors (Lipinski definition) is 2. The van der Waals surface area contributed by atoms with Crippen LogP contribution in [0.4, 0.5) is 0 Å². The molecular weight excluding hydrogens is 267 g/mol. The zero-order valence-corrected chi connectivity index (χ0v) is 10.3. The van der Waals surface area contributed by atoms with Gasteiger partial charge < -0.3 is 4.74 Å². The van der Waals surface area contributed by atoms with Gasteiger partial charge in [0.15, 0.2) is 5.78 Å². The predicted molar refractivity (Wildman–Crippen MR) is 60.9 cm³/mol. The van der Waals surface area contributed by atoms with Crippen LogP contribution in [0.3, 0.4) is 0 Å². The third-order valence-electron chi connectivity index (χ3n) is 1.83. The van der Waals surface area contributed by atoms with Crippen LogP contribution in [0.15, 0.2) is 12.1 Å². The Labute approximate surface area is 96.3 Å². The summed E-state index contributed by atoms with van der Waals surface area (Å²) in [5.41, 5.74) is 1.45. The molecule has 0 heterocycles. The topological polar surface area (TPSA) is 26.3 Å². The standard InChI is InChI=1S/C10H10BrClO2/c1-6-3-7(8(13)5-11)10(12)9(4-6)14-2/h3-4H,5H2,1-2H3. The fourth-order valence-corrected chi connectivity index (χ4v) is 1.75. The maximum absolute atomic E-state index is 11.5. The number of alkyl halides is 1. The van der Waals surface area contributed by atoms with Crippen molar-refractivity contribution in [1.29, 1.82) is 0 Å². The van der Waals surface area contributed by atoms with E-state index in [1.807, 2.05) is 6.92 Å². The van der Waals surface area contributed by atoms with E-state index >= 15 is 0 Å². The molecule has 4 heteroatoms. The summed E-state index contributed by atoms with van der Waals surface area (Å²) in [7, 11) is 1.53. The SMILES string of the molecule is COc1cc(C)cc(C(=O)CBr)c1Cl. The van der Waals surface area contributed by atoms with Crippen molar-refractivity contribution < 1.29 is 9.53 Å². The van der Waals surface area contributed by atoms with Gasteiger partial charge in [-0.3, -0.25) is 4.79 Å². The summed E-state index contributed by atoms with van der Waals surface area (Å²) in [6.07, 6.45) is 0. The second kappa shape index (κ2) is 4.80. The van der Waals surface area contributed by atoms with Crippen LogP contribution >= 0.6 is 27.5 Å². The van der Waals surface area contributed by atoms with Crippen LogP contribution in [0, 0.1) is 6.92 Å². The van der Waals surface area contributed by atoms with E-state index in [2.05, 4.69) is 15.9 Å². The number of halogens is 2. The van der Waals surface area contributed by atoms with E-state index in [0.29, 0.717) is 16.3 Å². The molecule has 0 atom stereocenters. The van der Waals surface area contributed by atoms with Gasteiger partial charge in [0.2, 0.25) is 0 Å². The van der Waals surface area contributed by atoms with Gasteiger partial charge in [-0.15, -0.1) is 0 Å². The summed E-state index contributed by atoms with van der Waals surface area (Å²) in [5, 5.41) is 0.641. The molecular formula is C10H10BrClO2. The Kier molecular flexibility index (Phi) is 3.96. The third kappa shape index (κ3) is 2.28. The van der Waals surface area contributed by atoms with Crippen LogP contribution in [-0.4, -0.2) is 18.2 Å². The van der Waals surface area contributed by atoms with Crippen molar-refractivity contribution in [2.24, 2.45) is 0 Å². The van der Waals surface area contributed by atoms with E-state index in [1.54, 1.807) is 12.1 Å². The Morgan fingerprint density at radius 1 is 1.57 bits per heavy atom. The highest BCUT2D eigenvalue weighted by molar-refractivity contribution is 9.09. The zero-order valence-electron chi connectivity index (χ0n) is 7.93. The molecule has 1 rings (SSSR count). The van der Waals surface area contributed by atoms with E-state index in [1.165, 1.54) is 7.11 Å². The lowest BCUT2D eigenvalue weighted by Crippen LogP contribution is -2.02. The molecule has 0 amide bonds. The van der Waals surface area contributed by atoms with Gasteiger partial charge >= 0.3 is 0 Å². The minimum absolute atomic E-state index is 0.0444. The van der Waals surface area contributed by atoms with E-state index in [-0.39, 0.29) is 11.1 Å². The molecule has 0 aliphatic rings. The molecule has 0 saturated carbocycles. The van der Waals surface area contributed by atoms with Gasteiger partial charge in [-0.2, -0.15) is 0 Å². The first-order chi connectivity index (χ1) is 6.60. The maximum atomic E-state index is 11.5. The van der Waals surface area contributed by atoms with Crippen molar-refractivity contribution in [2.45, 2.75) is 6.92 Å². The molecule has 14 heavy (non-hydrogen) atoms. The monoisotopic (exact) mass is 276 g/mol. The van der Waals surface area contributed by atoms with Crippen molar-refractivity contribution in [3.05, 3.63) is 28.3 Å². The van der Waals surface area contributed by atoms with E-state index < -0.39 is 0 Å². The molecule has 0 aliphatic heterocycles. The molecule has 0 saturated heterocycles. The van der Waals surface area contributed by atoms with Gasteiger partial charge in [-0.1, -0.05) is 27.5 Å². The molecule has 0 unspecified atom stereocenters. The van der Waals surface area contributed by atoms with Crippen LogP contribution in [0.5, 0.6) is 5.75 Å². The van der Waals surface area contributed by atoms with Crippen molar-refractivity contribution in [1.82, 2.24) is 0 Å². The van der Waals surface area contributed by atoms with Crippen molar-refractivity contribution in [3.63, 3.8) is 0 Å². The lowest BCUT2D eigenvalue weighted by molar-refractivity contribution is 0.102. The third-order valence-corrected chi connectivity index (χ3v) is 2.72. The molecule has 0 fully saturated rings. The number of ketones is 1. The summed E-state index contributed by atoms with van der Waals surface area (Å²) in [6, 6.07) is 3.56. The van der Waals surface area contributed by atoms with E-state index in [4.69, 9.17) is 16.3 Å². The second-order valence-corrected chi connectivity index (χ2v) is 3.82. The quantitative estimate of drug-likeness (QED) is 0.626. The van der Waals surface area contributed by atoms with Crippen molar-refractivity contribution >= 4 is 33.3 Å². The highest BCUT2D eigenvalue weighted by atomic mass is 79.9. The van der Waals surface area contributed by atoms with Crippen molar-refractivity contribution in [2.75, 3.05) is 12.4 Å². The number of carbonyl (C=O) groups excluding carboxylic acids is 1. The number of Topliss-reactive ketones (excluding diaryl/α,β-unsaturated/α-hetero) is 1. The maximum Gasteiger partial charge on any atom is 0.175 e. The fourth-order valence-electron chi connectivity index (χ4n) is 1.16. The molecule has 2 nitrogen and oxygen atoms in total. The van der Waals surface area contributed by atoms with Crippen LogP contribution < -0.4 is 4.74 Å². The average Bonchev–Trinajstić information content (AvgIpc) is 2.19. The molecule has 0 N–H and O–H groups in total. The first-order valence-electron chi connectivity index (χ1n) is 4.03. The van der Waals surface area contributed by atoms with E-state index in [0.717, 1.165) is 5.56 Å². The summed E-state index contributed by atoms with van der Waals surface area (Å²) < 4.78 is 5.06. The summed E-state index contributed by atoms with van der Waals surface area (Å²) in [4.78, 5) is 11.5. The number of hydrogen-bond donors (Lipinski definition) is 0. The molecule has 1 aromatic rings. The van der Waals surface area contributed by atoms with Crippen molar-refractivity contribution in [3.8, 4) is 5.75 Å². The lowest BCUT2D eigenvalue weighted by Gasteiger charge is -2.08. The highest BCUT2D eigenvalue weighted by Gasteiger charge is 2.13. The number of methoxy groups -OCH3 is 1. The van der Waals surface area contributed by atoms with Gasteiger partial charge in [0.05, 0.1) is 17.5 Å². The summed E-state index contributed by atoms with van der Waals surface area (Å²) >= 11 is 9.10. The Hall–Kier alpha value is -0.540. The van der Waals surface area contributed by atoms with Gasteiger partial charge in [-0.05, 0) is 24.6 Å². The Morgan fingerprint density at radius 2 is 2.21 bits per heavy atom. The Balaban J connectivity index is 3.29. The molecule has 0 spiro atoms. The predicted octanol–water partition coefficient (Wildman–Crippen LogP) is 3.23. The van der Waals surface area contributed by atoms with Crippen LogP contribution in [-0.2, 0) is 0 Å². The Morgan fingerprint density at radius 3 is 2.71 bits per heavy atom. The number of benzene rings is 1. The normalized spacial score (nSPS) is 10.0. The minimum Gasteiger partial charge on any atom is -0.495 e. The number of ether oxygens (including phenoxy) is 1. The van der Waals surface area contributed by atoms with Gasteiger partial charge in [0.1, 0.15) is 5.75 Å². The first kappa shape index (κ1) is 11.5. The van der Waals surface area contributed by atoms with Crippen LogP contribution in [0.2, 0.25) is 5.02 Å². The highest BCUT2D eigenvalue weighted by Crippen LogP contribution is 2.30. The largest absolute Gasteiger partial charge is 0.495 e. The summed E-state index contributed by atoms with van der Waals surface area (Å²) in [6.45, 7) is 1.89. The van der Waals surface area contributed by atoms with Crippen LogP contribution in [0.25, 0.3) is 0 Å². The van der Waals surface area contributed by atoms with Gasteiger partial charge in [0.25, 0.3) is 0 Å². The second-order valence-electron chi connectivity index (χ2n) is 2.89. The van der Waals surface area contributed by atoms with Gasteiger partial charge in [0, 0.05) is 5.56 Å². The van der Waals surface area contributed by atoms with Crippen LogP contribution in [0.1, 0.15) is 15.9 Å². The summed E-state index contributed by atoms with van der Waals surface area (Å²) in [5.74, 6) is 0.493. The molecule has 76 valence electrons. The minimum atomic E-state index is -0.0444. The number of rotatable bonds is 3. The van der Waals surface area contributed by atoms with Gasteiger partial charge in [-0.25, -0.2) is 0 Å². The molecule has 0 aliphatic carbocycles. The zero-order chi connectivity index (χ0) is 10.7. The molecule has 0 aromatic heterocycles. The average molecular weight is 278 g/mol. The number of carbonyl (C=O) groups is 1. The molecule has 0 radical (unpaired) electrons. The number of aryl methyl sites for hydroxylation is 1. The lowest BCUT2D eigenvalue weighted by atomic mass is 10.1. The van der Waals surface area contributed by atoms with E-state index in [9.17, 15) is 4.79 Å². The molecule has 1 aromatic carbocycles. The fraction of sp³-hybridized carbons (Fsp3) is 0.300. The first-order valence-corrected chi connectivity index (χ1v) is 5.53. The molecule has 0 bridgehead atoms. The smallest absolute Gasteiger partial charge is 0.175 e. The Bertz CT molecular complexity index is 363.